The van der Waals surface area contributed by atoms with E-state index in [1.165, 1.54) is 5.56 Å². The quantitative estimate of drug-likeness (QED) is 0.704. The van der Waals surface area contributed by atoms with Gasteiger partial charge in [0.2, 0.25) is 0 Å². The van der Waals surface area contributed by atoms with E-state index in [-0.39, 0.29) is 11.9 Å². The maximum atomic E-state index is 13.4. The third kappa shape index (κ3) is 2.87. The Morgan fingerprint density at radius 2 is 2.12 bits per heavy atom. The summed E-state index contributed by atoms with van der Waals surface area (Å²) in [6.45, 7) is 6.68. The van der Waals surface area contributed by atoms with Gasteiger partial charge in [-0.2, -0.15) is 0 Å². The molecule has 5 nitrogen and oxygen atoms in total. The van der Waals surface area contributed by atoms with Gasteiger partial charge < -0.3 is 9.42 Å². The standard InChI is InChI=1S/C21H23N3O2/c1-4-15-7-8-18-16(12-15)17(10-13(2)22-18)21(25)24-9-5-6-20(24)19-11-14(3)26-23-19/h7-8,10-12,20H,4-6,9H2,1-3H3/t20-/m0/s1. The fourth-order valence-electron chi connectivity index (χ4n) is 3.82. The molecule has 2 aromatic heterocycles. The summed E-state index contributed by atoms with van der Waals surface area (Å²) in [5, 5.41) is 5.08. The van der Waals surface area contributed by atoms with Crippen molar-refractivity contribution in [2.24, 2.45) is 0 Å². The average Bonchev–Trinajstić information content (AvgIpc) is 3.28. The molecule has 1 amide bonds. The second-order valence-corrected chi connectivity index (χ2v) is 7.04. The van der Waals surface area contributed by atoms with Gasteiger partial charge in [-0.25, -0.2) is 0 Å². The molecule has 1 atom stereocenters. The minimum Gasteiger partial charge on any atom is -0.361 e. The molecule has 5 heteroatoms. The maximum absolute atomic E-state index is 13.4. The summed E-state index contributed by atoms with van der Waals surface area (Å²) in [4.78, 5) is 20.0. The minimum atomic E-state index is -0.0159. The lowest BCUT2D eigenvalue weighted by atomic mass is 10.0. The van der Waals surface area contributed by atoms with Crippen molar-refractivity contribution in [2.45, 2.75) is 46.1 Å². The number of amides is 1. The molecule has 134 valence electrons. The molecule has 1 fully saturated rings. The van der Waals surface area contributed by atoms with Crippen LogP contribution in [0.15, 0.2) is 34.9 Å². The summed E-state index contributed by atoms with van der Waals surface area (Å²) < 4.78 is 5.23. The van der Waals surface area contributed by atoms with Crippen LogP contribution in [0.1, 0.15) is 58.9 Å². The van der Waals surface area contributed by atoms with Gasteiger partial charge in [0.15, 0.2) is 0 Å². The fourth-order valence-corrected chi connectivity index (χ4v) is 3.82. The molecule has 1 saturated heterocycles. The zero-order valence-electron chi connectivity index (χ0n) is 15.5. The smallest absolute Gasteiger partial charge is 0.255 e. The molecule has 0 spiro atoms. The van der Waals surface area contributed by atoms with Crippen LogP contribution < -0.4 is 0 Å². The van der Waals surface area contributed by atoms with Crippen LogP contribution in [0.2, 0.25) is 0 Å². The lowest BCUT2D eigenvalue weighted by Crippen LogP contribution is -2.31. The van der Waals surface area contributed by atoms with Crippen molar-refractivity contribution in [1.82, 2.24) is 15.0 Å². The third-order valence-corrected chi connectivity index (χ3v) is 5.14. The Hall–Kier alpha value is -2.69. The van der Waals surface area contributed by atoms with Crippen molar-refractivity contribution >= 4 is 16.8 Å². The second kappa shape index (κ2) is 6.56. The van der Waals surface area contributed by atoms with Gasteiger partial charge in [0.25, 0.3) is 5.91 Å². The monoisotopic (exact) mass is 349 g/mol. The molecule has 0 aliphatic carbocycles. The Kier molecular flexibility index (Phi) is 4.23. The molecular formula is C21H23N3O2. The Balaban J connectivity index is 1.77. The lowest BCUT2D eigenvalue weighted by molar-refractivity contribution is 0.0732. The molecule has 1 aromatic carbocycles. The summed E-state index contributed by atoms with van der Waals surface area (Å²) in [7, 11) is 0. The number of aryl methyl sites for hydroxylation is 3. The molecule has 0 N–H and O–H groups in total. The Morgan fingerprint density at radius 3 is 2.85 bits per heavy atom. The van der Waals surface area contributed by atoms with Crippen molar-refractivity contribution in [2.75, 3.05) is 6.54 Å². The van der Waals surface area contributed by atoms with Gasteiger partial charge in [-0.1, -0.05) is 18.1 Å². The van der Waals surface area contributed by atoms with Crippen LogP contribution in [0, 0.1) is 13.8 Å². The van der Waals surface area contributed by atoms with Gasteiger partial charge in [0, 0.05) is 23.7 Å². The van der Waals surface area contributed by atoms with Crippen molar-refractivity contribution < 1.29 is 9.32 Å². The SMILES string of the molecule is CCc1ccc2nc(C)cc(C(=O)N3CCC[C@H]3c3cc(C)on3)c2c1. The zero-order chi connectivity index (χ0) is 18.3. The molecule has 0 bridgehead atoms. The first-order chi connectivity index (χ1) is 12.6. The first-order valence-corrected chi connectivity index (χ1v) is 9.21. The molecule has 0 saturated carbocycles. The van der Waals surface area contributed by atoms with Gasteiger partial charge in [0.05, 0.1) is 17.1 Å². The summed E-state index contributed by atoms with van der Waals surface area (Å²) in [6.07, 6.45) is 2.83. The van der Waals surface area contributed by atoms with E-state index in [2.05, 4.69) is 29.2 Å². The summed E-state index contributed by atoms with van der Waals surface area (Å²) in [5.41, 5.74) is 4.52. The predicted molar refractivity (Wildman–Crippen MR) is 100 cm³/mol. The number of carbonyl (C=O) groups is 1. The van der Waals surface area contributed by atoms with Gasteiger partial charge in [-0.05, 0) is 56.9 Å². The van der Waals surface area contributed by atoms with Crippen LogP contribution in [0.3, 0.4) is 0 Å². The van der Waals surface area contributed by atoms with E-state index in [0.717, 1.165) is 59.4 Å². The van der Waals surface area contributed by atoms with Gasteiger partial charge in [-0.15, -0.1) is 0 Å². The Morgan fingerprint density at radius 1 is 1.27 bits per heavy atom. The van der Waals surface area contributed by atoms with Gasteiger partial charge in [0.1, 0.15) is 11.5 Å². The number of fused-ring (bicyclic) bond motifs is 1. The molecule has 1 aliphatic rings. The van der Waals surface area contributed by atoms with Crippen LogP contribution in [0.5, 0.6) is 0 Å². The number of pyridine rings is 1. The molecule has 0 unspecified atom stereocenters. The van der Waals surface area contributed by atoms with Crippen molar-refractivity contribution in [3.63, 3.8) is 0 Å². The average molecular weight is 349 g/mol. The highest BCUT2D eigenvalue weighted by Crippen LogP contribution is 2.34. The largest absolute Gasteiger partial charge is 0.361 e. The normalized spacial score (nSPS) is 17.2. The van der Waals surface area contributed by atoms with Gasteiger partial charge in [-0.3, -0.25) is 9.78 Å². The molecule has 3 aromatic rings. The number of hydrogen-bond acceptors (Lipinski definition) is 4. The first-order valence-electron chi connectivity index (χ1n) is 9.21. The van der Waals surface area contributed by atoms with E-state index in [9.17, 15) is 4.79 Å². The van der Waals surface area contributed by atoms with E-state index in [4.69, 9.17) is 4.52 Å². The third-order valence-electron chi connectivity index (χ3n) is 5.14. The van der Waals surface area contributed by atoms with Crippen LogP contribution >= 0.6 is 0 Å². The van der Waals surface area contributed by atoms with E-state index in [0.29, 0.717) is 0 Å². The van der Waals surface area contributed by atoms with Crippen molar-refractivity contribution in [1.29, 1.82) is 0 Å². The molecular weight excluding hydrogens is 326 g/mol. The summed E-state index contributed by atoms with van der Waals surface area (Å²) in [6, 6.07) is 10.0. The number of rotatable bonds is 3. The number of benzene rings is 1. The summed E-state index contributed by atoms with van der Waals surface area (Å²) in [5.74, 6) is 0.828. The predicted octanol–water partition coefficient (Wildman–Crippen LogP) is 4.38. The van der Waals surface area contributed by atoms with E-state index in [1.807, 2.05) is 36.9 Å². The van der Waals surface area contributed by atoms with Crippen LogP contribution in [-0.4, -0.2) is 27.5 Å². The topological polar surface area (TPSA) is 59.2 Å². The maximum Gasteiger partial charge on any atom is 0.255 e. The number of likely N-dealkylation sites (tertiary alicyclic amines) is 1. The van der Waals surface area contributed by atoms with Gasteiger partial charge >= 0.3 is 0 Å². The Labute approximate surface area is 153 Å². The minimum absolute atomic E-state index is 0.0159. The highest BCUT2D eigenvalue weighted by molar-refractivity contribution is 6.06. The molecule has 3 heterocycles. The van der Waals surface area contributed by atoms with E-state index < -0.39 is 0 Å². The van der Waals surface area contributed by atoms with Crippen LogP contribution in [0.4, 0.5) is 0 Å². The number of nitrogens with zero attached hydrogens (tertiary/aromatic N) is 3. The molecule has 4 rings (SSSR count). The number of aromatic nitrogens is 2. The number of hydrogen-bond donors (Lipinski definition) is 0. The molecule has 1 aliphatic heterocycles. The first kappa shape index (κ1) is 16.8. The number of carbonyl (C=O) groups excluding carboxylic acids is 1. The van der Waals surface area contributed by atoms with Crippen LogP contribution in [-0.2, 0) is 6.42 Å². The highest BCUT2D eigenvalue weighted by atomic mass is 16.5. The van der Waals surface area contributed by atoms with E-state index >= 15 is 0 Å². The van der Waals surface area contributed by atoms with E-state index in [1.54, 1.807) is 0 Å². The lowest BCUT2D eigenvalue weighted by Gasteiger charge is -2.24. The summed E-state index contributed by atoms with van der Waals surface area (Å²) >= 11 is 0. The Bertz CT molecular complexity index is 977. The highest BCUT2D eigenvalue weighted by Gasteiger charge is 2.33. The van der Waals surface area contributed by atoms with Crippen molar-refractivity contribution in [3.8, 4) is 0 Å². The fraction of sp³-hybridized carbons (Fsp3) is 0.381. The van der Waals surface area contributed by atoms with Crippen LogP contribution in [0.25, 0.3) is 10.9 Å². The second-order valence-electron chi connectivity index (χ2n) is 7.04. The van der Waals surface area contributed by atoms with Crippen molar-refractivity contribution in [3.05, 3.63) is 58.6 Å². The zero-order valence-corrected chi connectivity index (χ0v) is 15.5. The molecule has 26 heavy (non-hydrogen) atoms. The molecule has 0 radical (unpaired) electrons.